The van der Waals surface area contributed by atoms with Gasteiger partial charge in [-0.3, -0.25) is 0 Å². The second kappa shape index (κ2) is 7.05. The van der Waals surface area contributed by atoms with Gasteiger partial charge in [0.25, 0.3) is 0 Å². The lowest BCUT2D eigenvalue weighted by molar-refractivity contribution is 0.345. The Balaban J connectivity index is 0.00000176. The minimum Gasteiger partial charge on any atom is -0.497 e. The van der Waals surface area contributed by atoms with Crippen molar-refractivity contribution in [3.05, 3.63) is 22.7 Å². The number of methoxy groups -OCH3 is 1. The molecule has 124 valence electrons. The number of fused-ring (bicyclic) bond motifs is 2. The van der Waals surface area contributed by atoms with Crippen LogP contribution in [0.5, 0.6) is 5.75 Å². The van der Waals surface area contributed by atoms with Gasteiger partial charge in [0, 0.05) is 28.7 Å². The quantitative estimate of drug-likeness (QED) is 0.798. The van der Waals surface area contributed by atoms with Crippen LogP contribution in [0.3, 0.4) is 0 Å². The zero-order chi connectivity index (χ0) is 15.0. The van der Waals surface area contributed by atoms with Crippen molar-refractivity contribution in [1.29, 1.82) is 0 Å². The zero-order valence-electron chi connectivity index (χ0n) is 12.2. The minimum atomic E-state index is -3.52. The Kier molecular flexibility index (Phi) is 5.77. The lowest BCUT2D eigenvalue weighted by Gasteiger charge is -2.29. The molecular weight excluding hydrogens is 392 g/mol. The maximum absolute atomic E-state index is 12.5. The average molecular weight is 412 g/mol. The van der Waals surface area contributed by atoms with E-state index in [0.29, 0.717) is 22.3 Å². The molecule has 0 saturated carbocycles. The molecule has 0 spiro atoms. The molecule has 2 bridgehead atoms. The Morgan fingerprint density at radius 3 is 2.45 bits per heavy atom. The van der Waals surface area contributed by atoms with E-state index in [0.717, 1.165) is 25.7 Å². The van der Waals surface area contributed by atoms with Crippen LogP contribution < -0.4 is 14.8 Å². The van der Waals surface area contributed by atoms with Gasteiger partial charge in [-0.2, -0.15) is 0 Å². The first-order valence-corrected chi connectivity index (χ1v) is 9.37. The molecular formula is C14H20BrClN2O3S. The Labute approximate surface area is 145 Å². The van der Waals surface area contributed by atoms with E-state index >= 15 is 0 Å². The summed E-state index contributed by atoms with van der Waals surface area (Å²) in [6, 6.07) is 5.80. The predicted octanol–water partition coefficient (Wildman–Crippen LogP) is 2.44. The Morgan fingerprint density at radius 1 is 1.23 bits per heavy atom. The maximum atomic E-state index is 12.5. The molecule has 2 N–H and O–H groups in total. The molecule has 2 aliphatic heterocycles. The molecule has 0 aliphatic carbocycles. The maximum Gasteiger partial charge on any atom is 0.240 e. The van der Waals surface area contributed by atoms with Crippen LogP contribution in [-0.4, -0.2) is 33.7 Å². The normalized spacial score (nSPS) is 27.3. The van der Waals surface area contributed by atoms with Crippen molar-refractivity contribution in [2.75, 3.05) is 7.11 Å². The molecule has 22 heavy (non-hydrogen) atoms. The molecule has 1 aromatic rings. The first-order valence-electron chi connectivity index (χ1n) is 7.09. The highest BCUT2D eigenvalue weighted by Crippen LogP contribution is 2.29. The summed E-state index contributed by atoms with van der Waals surface area (Å²) in [5.41, 5.74) is 0. The standard InChI is InChI=1S/C14H19BrN2O3S.ClH/c1-20-13-4-9(15)5-14(8-13)21(18,19)17-12-6-10-2-3-11(7-12)16-10;/h4-5,8,10-12,16-17H,2-3,6-7H2,1H3;1H. The summed E-state index contributed by atoms with van der Waals surface area (Å²) in [5, 5.41) is 3.51. The van der Waals surface area contributed by atoms with Crippen molar-refractivity contribution < 1.29 is 13.2 Å². The number of halogens is 2. The van der Waals surface area contributed by atoms with E-state index in [4.69, 9.17) is 4.74 Å². The summed E-state index contributed by atoms with van der Waals surface area (Å²) < 4.78 is 33.8. The third kappa shape index (κ3) is 3.94. The third-order valence-electron chi connectivity index (χ3n) is 4.19. The summed E-state index contributed by atoms with van der Waals surface area (Å²) in [4.78, 5) is 0.236. The van der Waals surface area contributed by atoms with Gasteiger partial charge in [0.1, 0.15) is 5.75 Å². The van der Waals surface area contributed by atoms with Crippen molar-refractivity contribution in [3.63, 3.8) is 0 Å². The van der Waals surface area contributed by atoms with Gasteiger partial charge in [-0.15, -0.1) is 12.4 Å². The van der Waals surface area contributed by atoms with Crippen molar-refractivity contribution in [1.82, 2.24) is 10.0 Å². The largest absolute Gasteiger partial charge is 0.497 e. The smallest absolute Gasteiger partial charge is 0.240 e. The number of hydrogen-bond acceptors (Lipinski definition) is 4. The van der Waals surface area contributed by atoms with Crippen molar-refractivity contribution >= 4 is 38.4 Å². The first kappa shape index (κ1) is 18.0. The molecule has 0 radical (unpaired) electrons. The van der Waals surface area contributed by atoms with Crippen molar-refractivity contribution in [2.24, 2.45) is 0 Å². The Morgan fingerprint density at radius 2 is 1.86 bits per heavy atom. The third-order valence-corrected chi connectivity index (χ3v) is 6.14. The summed E-state index contributed by atoms with van der Waals surface area (Å²) in [5.74, 6) is 0.523. The highest BCUT2D eigenvalue weighted by Gasteiger charge is 2.35. The Bertz CT molecular complexity index is 629. The van der Waals surface area contributed by atoms with Gasteiger partial charge >= 0.3 is 0 Å². The highest BCUT2D eigenvalue weighted by atomic mass is 79.9. The molecule has 2 heterocycles. The van der Waals surface area contributed by atoms with E-state index in [9.17, 15) is 8.42 Å². The van der Waals surface area contributed by atoms with E-state index in [2.05, 4.69) is 26.0 Å². The first-order chi connectivity index (χ1) is 9.96. The fraction of sp³-hybridized carbons (Fsp3) is 0.571. The molecule has 2 unspecified atom stereocenters. The van der Waals surface area contributed by atoms with Crippen molar-refractivity contribution in [2.45, 2.75) is 48.7 Å². The van der Waals surface area contributed by atoms with Crippen LogP contribution in [0.1, 0.15) is 25.7 Å². The number of sulfonamides is 1. The molecule has 8 heteroatoms. The molecule has 3 rings (SSSR count). The molecule has 2 fully saturated rings. The second-order valence-electron chi connectivity index (χ2n) is 5.75. The van der Waals surface area contributed by atoms with Crippen LogP contribution >= 0.6 is 28.3 Å². The topological polar surface area (TPSA) is 67.4 Å². The van der Waals surface area contributed by atoms with Gasteiger partial charge in [0.15, 0.2) is 0 Å². The second-order valence-corrected chi connectivity index (χ2v) is 8.38. The lowest BCUT2D eigenvalue weighted by Crippen LogP contribution is -2.47. The molecule has 2 atom stereocenters. The average Bonchev–Trinajstić information content (AvgIpc) is 2.77. The SMILES string of the molecule is COc1cc(Br)cc(S(=O)(=O)NC2CC3CCC(C2)N3)c1.Cl. The fourth-order valence-electron chi connectivity index (χ4n) is 3.25. The van der Waals surface area contributed by atoms with E-state index in [1.54, 1.807) is 18.2 Å². The van der Waals surface area contributed by atoms with E-state index in [1.165, 1.54) is 7.11 Å². The highest BCUT2D eigenvalue weighted by molar-refractivity contribution is 9.10. The summed E-state index contributed by atoms with van der Waals surface area (Å²) in [6.45, 7) is 0. The fourth-order valence-corrected chi connectivity index (χ4v) is 5.20. The van der Waals surface area contributed by atoms with Crippen LogP contribution in [0.15, 0.2) is 27.6 Å². The molecule has 5 nitrogen and oxygen atoms in total. The van der Waals surface area contributed by atoms with Crippen LogP contribution in [0, 0.1) is 0 Å². The van der Waals surface area contributed by atoms with Crippen LogP contribution in [0.25, 0.3) is 0 Å². The summed E-state index contributed by atoms with van der Waals surface area (Å²) in [7, 11) is -2.00. The van der Waals surface area contributed by atoms with E-state index in [1.807, 2.05) is 0 Å². The number of ether oxygens (including phenoxy) is 1. The van der Waals surface area contributed by atoms with E-state index < -0.39 is 10.0 Å². The monoisotopic (exact) mass is 410 g/mol. The number of hydrogen-bond donors (Lipinski definition) is 2. The van der Waals surface area contributed by atoms with Crippen LogP contribution in [0.2, 0.25) is 0 Å². The summed E-state index contributed by atoms with van der Waals surface area (Å²) >= 11 is 3.32. The molecule has 1 aromatic carbocycles. The molecule has 0 amide bonds. The molecule has 2 saturated heterocycles. The van der Waals surface area contributed by atoms with Gasteiger partial charge in [0.2, 0.25) is 10.0 Å². The Hall–Kier alpha value is -0.340. The van der Waals surface area contributed by atoms with Gasteiger partial charge in [-0.1, -0.05) is 15.9 Å². The van der Waals surface area contributed by atoms with Crippen LogP contribution in [0.4, 0.5) is 0 Å². The number of piperidine rings is 1. The zero-order valence-corrected chi connectivity index (χ0v) is 15.4. The number of nitrogens with one attached hydrogen (secondary N) is 2. The lowest BCUT2D eigenvalue weighted by atomic mass is 10.0. The van der Waals surface area contributed by atoms with Gasteiger partial charge in [0.05, 0.1) is 12.0 Å². The van der Waals surface area contributed by atoms with Crippen LogP contribution in [-0.2, 0) is 10.0 Å². The van der Waals surface area contributed by atoms with Gasteiger partial charge in [-0.05, 0) is 37.8 Å². The number of benzene rings is 1. The van der Waals surface area contributed by atoms with Gasteiger partial charge in [-0.25, -0.2) is 13.1 Å². The van der Waals surface area contributed by atoms with E-state index in [-0.39, 0.29) is 23.3 Å². The minimum absolute atomic E-state index is 0. The predicted molar refractivity (Wildman–Crippen MR) is 91.2 cm³/mol. The van der Waals surface area contributed by atoms with Crippen molar-refractivity contribution in [3.8, 4) is 5.75 Å². The summed E-state index contributed by atoms with van der Waals surface area (Å²) in [6.07, 6.45) is 4.02. The van der Waals surface area contributed by atoms with Gasteiger partial charge < -0.3 is 10.1 Å². The number of rotatable bonds is 4. The molecule has 0 aromatic heterocycles. The molecule has 2 aliphatic rings.